The van der Waals surface area contributed by atoms with E-state index in [1.807, 2.05) is 19.1 Å². The number of methoxy groups -OCH3 is 2. The van der Waals surface area contributed by atoms with Crippen LogP contribution in [0.1, 0.15) is 55.8 Å². The Labute approximate surface area is 184 Å². The van der Waals surface area contributed by atoms with Crippen molar-refractivity contribution in [2.45, 2.75) is 39.2 Å². The monoisotopic (exact) mass is 433 g/mol. The summed E-state index contributed by atoms with van der Waals surface area (Å²) in [5, 5.41) is 6.73. The number of halogens is 1. The minimum atomic E-state index is -0.388. The number of ether oxygens (including phenoxy) is 2. The second kappa shape index (κ2) is 11.1. The van der Waals surface area contributed by atoms with E-state index in [2.05, 4.69) is 24.5 Å². The average Bonchev–Trinajstić information content (AvgIpc) is 2.75. The van der Waals surface area contributed by atoms with Crippen LogP contribution in [0.2, 0.25) is 5.02 Å². The van der Waals surface area contributed by atoms with E-state index >= 15 is 0 Å². The van der Waals surface area contributed by atoms with Crippen LogP contribution in [-0.4, -0.2) is 33.2 Å². The number of amides is 1. The first-order chi connectivity index (χ1) is 14.4. The molecule has 30 heavy (non-hydrogen) atoms. The predicted octanol–water partition coefficient (Wildman–Crippen LogP) is 4.27. The van der Waals surface area contributed by atoms with Crippen molar-refractivity contribution in [3.05, 3.63) is 52.0 Å². The number of carbonyl (C=O) groups is 1. The Balaban J connectivity index is 0.000000575. The quantitative estimate of drug-likeness (QED) is 0.592. The van der Waals surface area contributed by atoms with Gasteiger partial charge in [-0.15, -0.1) is 0 Å². The molecule has 1 heterocycles. The molecule has 0 fully saturated rings. The van der Waals surface area contributed by atoms with Crippen LogP contribution in [0.4, 0.5) is 5.69 Å². The molecule has 1 amide bonds. The lowest BCUT2D eigenvalue weighted by Crippen LogP contribution is -2.39. The molecule has 4 N–H and O–H groups in total. The number of anilines is 1. The van der Waals surface area contributed by atoms with Gasteiger partial charge in [0.1, 0.15) is 0 Å². The molecule has 0 saturated heterocycles. The summed E-state index contributed by atoms with van der Waals surface area (Å²) in [7, 11) is 3.17. The highest BCUT2D eigenvalue weighted by Gasteiger charge is 2.35. The van der Waals surface area contributed by atoms with Crippen LogP contribution in [0.15, 0.2) is 30.3 Å². The van der Waals surface area contributed by atoms with Gasteiger partial charge in [0.25, 0.3) is 0 Å². The van der Waals surface area contributed by atoms with Crippen LogP contribution in [0.5, 0.6) is 11.5 Å². The van der Waals surface area contributed by atoms with Gasteiger partial charge in [0.15, 0.2) is 11.5 Å². The summed E-state index contributed by atoms with van der Waals surface area (Å²) in [6.07, 6.45) is 0.686. The molecule has 0 saturated carbocycles. The highest BCUT2D eigenvalue weighted by atomic mass is 35.5. The molecule has 0 aliphatic carbocycles. The van der Waals surface area contributed by atoms with Crippen LogP contribution in [0, 0.1) is 0 Å². The number of benzene rings is 2. The van der Waals surface area contributed by atoms with E-state index in [9.17, 15) is 4.79 Å². The topological polar surface area (TPSA) is 85.6 Å². The molecular weight excluding hydrogens is 402 g/mol. The van der Waals surface area contributed by atoms with Crippen molar-refractivity contribution in [2.24, 2.45) is 0 Å². The van der Waals surface area contributed by atoms with Crippen LogP contribution < -0.4 is 25.8 Å². The Kier molecular flexibility index (Phi) is 8.81. The fourth-order valence-electron chi connectivity index (χ4n) is 3.61. The fraction of sp³-hybridized carbons (Fsp3) is 0.435. The van der Waals surface area contributed by atoms with E-state index in [1.54, 1.807) is 32.4 Å². The first-order valence-corrected chi connectivity index (χ1v) is 10.6. The molecule has 3 rings (SSSR count). The molecule has 0 spiro atoms. The van der Waals surface area contributed by atoms with Crippen molar-refractivity contribution in [1.82, 2.24) is 10.6 Å². The Hall–Kier alpha value is -2.44. The lowest BCUT2D eigenvalue weighted by atomic mass is 9.82. The number of nitrogen functional groups attached to an aromatic ring is 1. The molecule has 0 radical (unpaired) electrons. The van der Waals surface area contributed by atoms with Gasteiger partial charge in [0.2, 0.25) is 5.91 Å². The summed E-state index contributed by atoms with van der Waals surface area (Å²) in [5.74, 6) is 0.931. The van der Waals surface area contributed by atoms with Crippen LogP contribution in [0.25, 0.3) is 0 Å². The van der Waals surface area contributed by atoms with E-state index in [-0.39, 0.29) is 17.9 Å². The highest BCUT2D eigenvalue weighted by Crippen LogP contribution is 2.43. The molecule has 2 aromatic carbocycles. The van der Waals surface area contributed by atoms with Crippen LogP contribution in [-0.2, 0) is 4.79 Å². The fourth-order valence-corrected chi connectivity index (χ4v) is 3.83. The SMILES string of the molecule is CCC1C(=O)NC(c2cc(N)ccc2Cl)c2cc(OC)c(OC)cc21.CCNCC. The number of nitrogens with one attached hydrogen (secondary N) is 2. The van der Waals surface area contributed by atoms with Crippen molar-refractivity contribution < 1.29 is 14.3 Å². The molecule has 2 aromatic rings. The maximum Gasteiger partial charge on any atom is 0.228 e. The first kappa shape index (κ1) is 23.8. The average molecular weight is 434 g/mol. The zero-order valence-corrected chi connectivity index (χ0v) is 19.1. The summed E-state index contributed by atoms with van der Waals surface area (Å²) < 4.78 is 10.9. The van der Waals surface area contributed by atoms with Crippen molar-refractivity contribution in [2.75, 3.05) is 33.0 Å². The van der Waals surface area contributed by atoms with Crippen LogP contribution in [0.3, 0.4) is 0 Å². The predicted molar refractivity (Wildman–Crippen MR) is 123 cm³/mol. The van der Waals surface area contributed by atoms with E-state index < -0.39 is 0 Å². The van der Waals surface area contributed by atoms with Crippen molar-refractivity contribution in [3.8, 4) is 11.5 Å². The van der Waals surface area contributed by atoms with Crippen molar-refractivity contribution in [1.29, 1.82) is 0 Å². The first-order valence-electron chi connectivity index (χ1n) is 10.2. The Morgan fingerprint density at radius 1 is 1.00 bits per heavy atom. The molecule has 6 nitrogen and oxygen atoms in total. The van der Waals surface area contributed by atoms with Crippen LogP contribution >= 0.6 is 11.6 Å². The summed E-state index contributed by atoms with van der Waals surface area (Å²) in [6, 6.07) is 8.67. The summed E-state index contributed by atoms with van der Waals surface area (Å²) >= 11 is 6.38. The number of fused-ring (bicyclic) bond motifs is 1. The summed E-state index contributed by atoms with van der Waals surface area (Å²) in [6.45, 7) is 8.37. The number of hydrogen-bond donors (Lipinski definition) is 3. The molecule has 1 aliphatic heterocycles. The second-order valence-electron chi connectivity index (χ2n) is 6.98. The van der Waals surface area contributed by atoms with Gasteiger partial charge in [-0.05, 0) is 66.5 Å². The minimum absolute atomic E-state index is 0.0364. The highest BCUT2D eigenvalue weighted by molar-refractivity contribution is 6.31. The largest absolute Gasteiger partial charge is 0.493 e. The number of hydrogen-bond acceptors (Lipinski definition) is 5. The molecule has 164 valence electrons. The molecule has 0 bridgehead atoms. The standard InChI is InChI=1S/C19H21ClN2O3.C4H11N/c1-4-11-12-8-16(24-2)17(25-3)9-13(12)18(22-19(11)23)14-7-10(21)5-6-15(14)20;1-3-5-4-2/h5-9,11,18H,4,21H2,1-3H3,(H,22,23);5H,3-4H2,1-2H3. The van der Waals surface area contributed by atoms with Crippen molar-refractivity contribution >= 4 is 23.2 Å². The van der Waals surface area contributed by atoms with E-state index in [0.717, 1.165) is 29.8 Å². The smallest absolute Gasteiger partial charge is 0.228 e. The third-order valence-electron chi connectivity index (χ3n) is 5.12. The van der Waals surface area contributed by atoms with Gasteiger partial charge < -0.3 is 25.8 Å². The molecule has 1 aliphatic rings. The third-order valence-corrected chi connectivity index (χ3v) is 5.46. The lowest BCUT2D eigenvalue weighted by molar-refractivity contribution is -0.123. The van der Waals surface area contributed by atoms with Gasteiger partial charge in [-0.3, -0.25) is 4.79 Å². The minimum Gasteiger partial charge on any atom is -0.493 e. The van der Waals surface area contributed by atoms with Gasteiger partial charge in [-0.1, -0.05) is 32.4 Å². The third kappa shape index (κ3) is 5.18. The molecule has 7 heteroatoms. The normalized spacial score (nSPS) is 17.3. The summed E-state index contributed by atoms with van der Waals surface area (Å²) in [4.78, 5) is 12.7. The number of carbonyl (C=O) groups excluding carboxylic acids is 1. The Morgan fingerprint density at radius 3 is 2.10 bits per heavy atom. The van der Waals surface area contributed by atoms with Crippen molar-refractivity contribution in [3.63, 3.8) is 0 Å². The van der Waals surface area contributed by atoms with Gasteiger partial charge in [-0.25, -0.2) is 0 Å². The molecular formula is C23H32ClN3O3. The van der Waals surface area contributed by atoms with E-state index in [1.165, 1.54) is 0 Å². The molecule has 0 aromatic heterocycles. The van der Waals surface area contributed by atoms with Gasteiger partial charge in [-0.2, -0.15) is 0 Å². The number of nitrogens with two attached hydrogens (primary N) is 1. The zero-order chi connectivity index (χ0) is 22.3. The number of rotatable bonds is 6. The Bertz CT molecular complexity index is 871. The summed E-state index contributed by atoms with van der Waals surface area (Å²) in [5.41, 5.74) is 9.15. The molecule has 2 atom stereocenters. The van der Waals surface area contributed by atoms with E-state index in [4.69, 9.17) is 26.8 Å². The zero-order valence-electron chi connectivity index (χ0n) is 18.3. The second-order valence-corrected chi connectivity index (χ2v) is 7.38. The van der Waals surface area contributed by atoms with Gasteiger partial charge in [0, 0.05) is 10.7 Å². The van der Waals surface area contributed by atoms with Gasteiger partial charge in [0.05, 0.1) is 26.2 Å². The Morgan fingerprint density at radius 2 is 1.60 bits per heavy atom. The maximum absolute atomic E-state index is 12.7. The molecule has 2 unspecified atom stereocenters. The van der Waals surface area contributed by atoms with Gasteiger partial charge >= 0.3 is 0 Å². The van der Waals surface area contributed by atoms with E-state index in [0.29, 0.717) is 28.6 Å². The maximum atomic E-state index is 12.7. The lowest BCUT2D eigenvalue weighted by Gasteiger charge is -2.33.